The van der Waals surface area contributed by atoms with Crippen molar-refractivity contribution >= 4 is 21.7 Å². The molecule has 0 spiro atoms. The molecule has 43 heavy (non-hydrogen) atoms. The Kier molecular flexibility index (Phi) is 11.0. The highest BCUT2D eigenvalue weighted by atomic mass is 35.5. The number of benzene rings is 4. The van der Waals surface area contributed by atoms with Crippen LogP contribution in [0.2, 0.25) is 0 Å². The maximum Gasteiger partial charge on any atom is 0.297 e. The smallest absolute Gasteiger partial charge is 0.297 e. The summed E-state index contributed by atoms with van der Waals surface area (Å²) in [6.07, 6.45) is -3.56. The summed E-state index contributed by atoms with van der Waals surface area (Å²) >= 11 is 6.75. The Morgan fingerprint density at radius 3 is 1.67 bits per heavy atom. The molecule has 0 aromatic heterocycles. The third-order valence-electron chi connectivity index (χ3n) is 7.09. The van der Waals surface area contributed by atoms with Gasteiger partial charge < -0.3 is 18.9 Å². The second kappa shape index (κ2) is 15.1. The highest BCUT2D eigenvalue weighted by molar-refractivity contribution is 7.86. The van der Waals surface area contributed by atoms with Crippen LogP contribution in [0.15, 0.2) is 120 Å². The summed E-state index contributed by atoms with van der Waals surface area (Å²) in [5, 5.41) is 0. The second-order valence-electron chi connectivity index (χ2n) is 10.4. The Morgan fingerprint density at radius 1 is 0.651 bits per heavy atom. The monoisotopic (exact) mass is 622 g/mol. The first-order valence-corrected chi connectivity index (χ1v) is 16.0. The Labute approximate surface area is 258 Å². The van der Waals surface area contributed by atoms with E-state index in [2.05, 4.69) is 0 Å². The molecule has 5 atom stereocenters. The van der Waals surface area contributed by atoms with Gasteiger partial charge in [-0.15, -0.1) is 0 Å². The van der Waals surface area contributed by atoms with Crippen LogP contribution >= 0.6 is 11.6 Å². The van der Waals surface area contributed by atoms with Gasteiger partial charge in [0, 0.05) is 0 Å². The summed E-state index contributed by atoms with van der Waals surface area (Å²) in [5.74, 6) is 0. The van der Waals surface area contributed by atoms with E-state index in [0.717, 1.165) is 22.3 Å². The Bertz CT molecular complexity index is 1500. The fourth-order valence-corrected chi connectivity index (χ4v) is 6.27. The summed E-state index contributed by atoms with van der Waals surface area (Å²) in [6.45, 7) is 2.79. The molecule has 0 saturated carbocycles. The summed E-state index contributed by atoms with van der Waals surface area (Å²) in [7, 11) is -4.22. The molecule has 9 heteroatoms. The van der Waals surface area contributed by atoms with Crippen molar-refractivity contribution < 1.29 is 31.5 Å². The number of ether oxygens (including phenoxy) is 4. The SMILES string of the molecule is Cc1ccc(S(=O)(=O)O[C@@H]2[C@@H](OCc3ccccc3)[C@H](OCc3ccccc3)[C@@H](COCc3ccccc3)O[C@@H]2Cl)cc1. The van der Waals surface area contributed by atoms with E-state index < -0.39 is 40.1 Å². The van der Waals surface area contributed by atoms with Gasteiger partial charge in [0.2, 0.25) is 0 Å². The van der Waals surface area contributed by atoms with Crippen LogP contribution in [0, 0.1) is 6.92 Å². The van der Waals surface area contributed by atoms with Gasteiger partial charge >= 0.3 is 0 Å². The van der Waals surface area contributed by atoms with Crippen LogP contribution in [0.1, 0.15) is 22.3 Å². The minimum absolute atomic E-state index is 0.0128. The van der Waals surface area contributed by atoms with Gasteiger partial charge in [0.15, 0.2) is 5.56 Å². The van der Waals surface area contributed by atoms with Crippen molar-refractivity contribution in [2.24, 2.45) is 0 Å². The van der Waals surface area contributed by atoms with E-state index in [4.69, 9.17) is 34.7 Å². The molecular weight excluding hydrogens is 588 g/mol. The molecule has 1 aliphatic rings. The minimum atomic E-state index is -4.22. The lowest BCUT2D eigenvalue weighted by Gasteiger charge is -2.43. The third-order valence-corrected chi connectivity index (χ3v) is 8.77. The number of halogens is 1. The number of aryl methyl sites for hydroxylation is 1. The van der Waals surface area contributed by atoms with Crippen LogP contribution in [0.5, 0.6) is 0 Å². The molecule has 7 nitrogen and oxygen atoms in total. The molecular formula is C34H35ClO7S. The molecule has 0 amide bonds. The normalized spacial score (nSPS) is 22.3. The maximum atomic E-state index is 13.4. The van der Waals surface area contributed by atoms with Gasteiger partial charge in [-0.3, -0.25) is 4.18 Å². The van der Waals surface area contributed by atoms with E-state index in [-0.39, 0.29) is 24.7 Å². The minimum Gasteiger partial charge on any atom is -0.374 e. The summed E-state index contributed by atoms with van der Waals surface area (Å²) in [4.78, 5) is 0.0128. The molecule has 0 unspecified atom stereocenters. The molecule has 0 radical (unpaired) electrons. The zero-order chi connectivity index (χ0) is 30.1. The van der Waals surface area contributed by atoms with Crippen molar-refractivity contribution in [3.05, 3.63) is 138 Å². The average molecular weight is 623 g/mol. The first-order valence-electron chi connectivity index (χ1n) is 14.1. The van der Waals surface area contributed by atoms with Crippen LogP contribution < -0.4 is 0 Å². The Morgan fingerprint density at radius 2 is 1.14 bits per heavy atom. The summed E-state index contributed by atoms with van der Waals surface area (Å²) in [5.41, 5.74) is 2.60. The molecule has 0 aliphatic carbocycles. The van der Waals surface area contributed by atoms with E-state index in [1.165, 1.54) is 12.1 Å². The molecule has 4 aromatic rings. The van der Waals surface area contributed by atoms with Gasteiger partial charge in [-0.2, -0.15) is 8.42 Å². The van der Waals surface area contributed by atoms with Crippen LogP contribution in [0.25, 0.3) is 0 Å². The highest BCUT2D eigenvalue weighted by Gasteiger charge is 2.49. The maximum absolute atomic E-state index is 13.4. The molecule has 0 bridgehead atoms. The van der Waals surface area contributed by atoms with Crippen molar-refractivity contribution in [2.75, 3.05) is 6.61 Å². The number of hydrogen-bond donors (Lipinski definition) is 0. The molecule has 1 saturated heterocycles. The molecule has 1 fully saturated rings. The predicted octanol–water partition coefficient (Wildman–Crippen LogP) is 6.42. The highest BCUT2D eigenvalue weighted by Crippen LogP contribution is 2.34. The van der Waals surface area contributed by atoms with E-state index in [1.807, 2.05) is 97.9 Å². The second-order valence-corrected chi connectivity index (χ2v) is 12.4. The fraction of sp³-hybridized carbons (Fsp3) is 0.294. The lowest BCUT2D eigenvalue weighted by atomic mass is 9.99. The van der Waals surface area contributed by atoms with E-state index in [0.29, 0.717) is 6.61 Å². The first-order chi connectivity index (χ1) is 20.9. The van der Waals surface area contributed by atoms with E-state index in [9.17, 15) is 8.42 Å². The Balaban J connectivity index is 1.42. The van der Waals surface area contributed by atoms with E-state index >= 15 is 0 Å². The van der Waals surface area contributed by atoms with Crippen molar-refractivity contribution in [3.8, 4) is 0 Å². The molecule has 1 heterocycles. The molecule has 226 valence electrons. The summed E-state index contributed by atoms with van der Waals surface area (Å²) < 4.78 is 57.7. The van der Waals surface area contributed by atoms with Crippen molar-refractivity contribution in [3.63, 3.8) is 0 Å². The largest absolute Gasteiger partial charge is 0.374 e. The first kappa shape index (κ1) is 31.3. The van der Waals surface area contributed by atoms with Crippen LogP contribution in [0.4, 0.5) is 0 Å². The number of rotatable bonds is 13. The third kappa shape index (κ3) is 8.74. The lowest BCUT2D eigenvalue weighted by Crippen LogP contribution is -2.60. The van der Waals surface area contributed by atoms with Crippen LogP contribution in [0.3, 0.4) is 0 Å². The molecule has 1 aliphatic heterocycles. The fourth-order valence-electron chi connectivity index (χ4n) is 4.80. The van der Waals surface area contributed by atoms with Crippen molar-refractivity contribution in [1.82, 2.24) is 0 Å². The number of hydrogen-bond acceptors (Lipinski definition) is 7. The zero-order valence-electron chi connectivity index (χ0n) is 23.8. The summed E-state index contributed by atoms with van der Waals surface area (Å²) in [6, 6.07) is 35.5. The predicted molar refractivity (Wildman–Crippen MR) is 164 cm³/mol. The zero-order valence-corrected chi connectivity index (χ0v) is 25.4. The van der Waals surface area contributed by atoms with Gasteiger partial charge in [-0.05, 0) is 35.7 Å². The van der Waals surface area contributed by atoms with Gasteiger partial charge in [0.1, 0.15) is 24.4 Å². The van der Waals surface area contributed by atoms with Gasteiger partial charge in [-0.1, -0.05) is 120 Å². The molecule has 4 aromatic carbocycles. The number of alkyl halides is 1. The van der Waals surface area contributed by atoms with Gasteiger partial charge in [-0.25, -0.2) is 0 Å². The van der Waals surface area contributed by atoms with Crippen LogP contribution in [-0.2, 0) is 53.1 Å². The standard InChI is InChI=1S/C34H35ClO7S/c1-25-17-19-29(20-18-25)43(36,37)42-33-32(40-23-28-15-9-4-10-16-28)31(39-22-27-13-7-3-8-14-27)30(41-34(33)35)24-38-21-26-11-5-2-6-12-26/h2-20,30-34H,21-24H2,1H3/t30-,31-,32+,33-,34+/m1/s1. The Hall–Kier alpha value is -3.08. The van der Waals surface area contributed by atoms with Crippen molar-refractivity contribution in [2.45, 2.75) is 61.6 Å². The average Bonchev–Trinajstić information content (AvgIpc) is 3.02. The lowest BCUT2D eigenvalue weighted by molar-refractivity contribution is -0.239. The van der Waals surface area contributed by atoms with Gasteiger partial charge in [0.05, 0.1) is 31.3 Å². The van der Waals surface area contributed by atoms with Crippen molar-refractivity contribution in [1.29, 1.82) is 0 Å². The van der Waals surface area contributed by atoms with Gasteiger partial charge in [0.25, 0.3) is 10.1 Å². The molecule has 5 rings (SSSR count). The van der Waals surface area contributed by atoms with E-state index in [1.54, 1.807) is 12.1 Å². The topological polar surface area (TPSA) is 80.3 Å². The van der Waals surface area contributed by atoms with Crippen LogP contribution in [-0.4, -0.2) is 45.0 Å². The molecule has 0 N–H and O–H groups in total. The quantitative estimate of drug-likeness (QED) is 0.126.